The van der Waals surface area contributed by atoms with Crippen molar-refractivity contribution < 1.29 is 57.4 Å². The van der Waals surface area contributed by atoms with Crippen LogP contribution in [-0.4, -0.2) is 84.4 Å². The van der Waals surface area contributed by atoms with Crippen molar-refractivity contribution in [3.63, 3.8) is 0 Å². The topological polar surface area (TPSA) is 145 Å². The molecule has 2 aromatic carbocycles. The normalized spacial score (nSPS) is 32.0. The Bertz CT molecular complexity index is 1220. The summed E-state index contributed by atoms with van der Waals surface area (Å²) in [7, 11) is 0. The number of benzene rings is 2. The van der Waals surface area contributed by atoms with E-state index in [1.165, 1.54) is 20.8 Å². The summed E-state index contributed by atoms with van der Waals surface area (Å²) < 4.78 is 47.3. The summed E-state index contributed by atoms with van der Waals surface area (Å²) in [4.78, 5) is 36.2. The van der Waals surface area contributed by atoms with Crippen LogP contribution in [0.2, 0.25) is 0 Å². The minimum Gasteiger partial charge on any atom is -0.456 e. The van der Waals surface area contributed by atoms with Crippen molar-refractivity contribution in [2.45, 2.75) is 109 Å². The molecule has 0 aromatic heterocycles. The lowest BCUT2D eigenvalue weighted by Gasteiger charge is -2.48. The zero-order chi connectivity index (χ0) is 31.8. The third-order valence-electron chi connectivity index (χ3n) is 7.24. The van der Waals surface area contributed by atoms with Crippen molar-refractivity contribution in [3.8, 4) is 0 Å². The van der Waals surface area contributed by atoms with Crippen molar-refractivity contribution in [3.05, 3.63) is 71.8 Å². The lowest BCUT2D eigenvalue weighted by atomic mass is 9.97. The van der Waals surface area contributed by atoms with Crippen molar-refractivity contribution in [1.29, 1.82) is 0 Å². The largest absolute Gasteiger partial charge is 0.456 e. The summed E-state index contributed by atoms with van der Waals surface area (Å²) in [5.74, 6) is -2.08. The van der Waals surface area contributed by atoms with E-state index in [-0.39, 0.29) is 13.2 Å². The van der Waals surface area contributed by atoms with Gasteiger partial charge in [-0.3, -0.25) is 14.4 Å². The van der Waals surface area contributed by atoms with Gasteiger partial charge in [-0.2, -0.15) is 0 Å². The van der Waals surface area contributed by atoms with Gasteiger partial charge in [-0.25, -0.2) is 0 Å². The van der Waals surface area contributed by atoms with E-state index in [9.17, 15) is 19.5 Å². The average Bonchev–Trinajstić information content (AvgIpc) is 2.97. The molecule has 0 unspecified atom stereocenters. The second-order valence-corrected chi connectivity index (χ2v) is 10.8. The molecule has 2 fully saturated rings. The molecule has 4 rings (SSSR count). The third-order valence-corrected chi connectivity index (χ3v) is 7.24. The summed E-state index contributed by atoms with van der Waals surface area (Å²) in [5, 5.41) is 11.2. The summed E-state index contributed by atoms with van der Waals surface area (Å²) in [5.41, 5.74) is 1.80. The monoisotopic (exact) mass is 616 g/mol. The number of aliphatic hydroxyl groups is 1. The number of rotatable bonds is 11. The minimum absolute atomic E-state index is 0.163. The molecule has 0 aliphatic carbocycles. The molecule has 10 atom stereocenters. The molecule has 44 heavy (non-hydrogen) atoms. The van der Waals surface area contributed by atoms with Gasteiger partial charge < -0.3 is 43.0 Å². The van der Waals surface area contributed by atoms with Gasteiger partial charge in [0.15, 0.2) is 30.9 Å². The van der Waals surface area contributed by atoms with E-state index in [1.807, 2.05) is 60.7 Å². The molecule has 2 saturated heterocycles. The molecule has 12 heteroatoms. The van der Waals surface area contributed by atoms with Crippen molar-refractivity contribution in [1.82, 2.24) is 0 Å². The van der Waals surface area contributed by atoms with Crippen LogP contribution in [0, 0.1) is 0 Å². The molecule has 240 valence electrons. The van der Waals surface area contributed by atoms with Gasteiger partial charge in [0.1, 0.15) is 18.3 Å². The van der Waals surface area contributed by atoms with E-state index < -0.39 is 79.3 Å². The summed E-state index contributed by atoms with van der Waals surface area (Å²) >= 11 is 0. The standard InChI is InChI=1S/C32H40O12/c1-18-25(37-16-23-12-8-6-9-13-23)27(38-17-24-14-10-7-11-15-24)29(31(36)39-18)44-32-30(43-22(5)35)28(42-21(4)34)26(19(2)40-32)41-20(3)33/h6-15,18-19,25-32,36H,16-17H2,1-5H3/t18-,19-,25-,26+,27+,28+,29+,30-,31+,32+/m1/s1. The van der Waals surface area contributed by atoms with Crippen molar-refractivity contribution in [2.75, 3.05) is 0 Å². The number of hydrogen-bond donors (Lipinski definition) is 1. The van der Waals surface area contributed by atoms with Gasteiger partial charge in [-0.15, -0.1) is 0 Å². The maximum atomic E-state index is 12.2. The minimum atomic E-state index is -1.50. The molecule has 0 spiro atoms. The molecule has 0 radical (unpaired) electrons. The predicted octanol–water partition coefficient (Wildman–Crippen LogP) is 2.82. The fourth-order valence-electron chi connectivity index (χ4n) is 5.32. The molecule has 2 aliphatic rings. The van der Waals surface area contributed by atoms with E-state index in [0.29, 0.717) is 0 Å². The van der Waals surface area contributed by atoms with Gasteiger partial charge in [0.05, 0.1) is 25.4 Å². The maximum Gasteiger partial charge on any atom is 0.303 e. The van der Waals surface area contributed by atoms with Crippen LogP contribution in [0.4, 0.5) is 0 Å². The van der Waals surface area contributed by atoms with Crippen LogP contribution >= 0.6 is 0 Å². The molecule has 0 saturated carbocycles. The Morgan fingerprint density at radius 3 is 1.59 bits per heavy atom. The van der Waals surface area contributed by atoms with Crippen LogP contribution in [-0.2, 0) is 65.5 Å². The van der Waals surface area contributed by atoms with Gasteiger partial charge in [-0.1, -0.05) is 60.7 Å². The SMILES string of the molecule is CC(=O)O[C@H]1[C@@H](OC(C)=O)[C@@H](C)O[C@@H](O[C@H]2[C@@H](OCc3ccccc3)[C@H](OCc3ccccc3)[C@@H](C)O[C@@H]2O)[C@@H]1OC(C)=O. The van der Waals surface area contributed by atoms with Crippen LogP contribution in [0.1, 0.15) is 45.7 Å². The molecule has 0 amide bonds. The highest BCUT2D eigenvalue weighted by molar-refractivity contribution is 5.68. The van der Waals surface area contributed by atoms with Gasteiger partial charge in [-0.05, 0) is 25.0 Å². The van der Waals surface area contributed by atoms with Gasteiger partial charge in [0.2, 0.25) is 0 Å². The number of aliphatic hydroxyl groups excluding tert-OH is 1. The fourth-order valence-corrected chi connectivity index (χ4v) is 5.32. The molecule has 0 bridgehead atoms. The van der Waals surface area contributed by atoms with Crippen LogP contribution in [0.3, 0.4) is 0 Å². The fraction of sp³-hybridized carbons (Fsp3) is 0.531. The Kier molecular flexibility index (Phi) is 11.8. The zero-order valence-electron chi connectivity index (χ0n) is 25.4. The third kappa shape index (κ3) is 8.84. The number of ether oxygens (including phenoxy) is 8. The van der Waals surface area contributed by atoms with E-state index in [2.05, 4.69) is 0 Å². The Balaban J connectivity index is 1.64. The number of carbonyl (C=O) groups is 3. The quantitative estimate of drug-likeness (QED) is 0.293. The highest BCUT2D eigenvalue weighted by Gasteiger charge is 2.54. The molecule has 12 nitrogen and oxygen atoms in total. The average molecular weight is 617 g/mol. The Morgan fingerprint density at radius 2 is 1.07 bits per heavy atom. The van der Waals surface area contributed by atoms with Crippen LogP contribution in [0.25, 0.3) is 0 Å². The van der Waals surface area contributed by atoms with E-state index in [1.54, 1.807) is 13.8 Å². The maximum absolute atomic E-state index is 12.2. The van der Waals surface area contributed by atoms with Gasteiger partial charge >= 0.3 is 17.9 Å². The first-order valence-electron chi connectivity index (χ1n) is 14.5. The molecule has 2 aromatic rings. The Hall–Kier alpha value is -3.39. The Morgan fingerprint density at radius 1 is 0.614 bits per heavy atom. The molecular weight excluding hydrogens is 576 g/mol. The summed E-state index contributed by atoms with van der Waals surface area (Å²) in [6, 6.07) is 19.0. The highest BCUT2D eigenvalue weighted by atomic mass is 16.8. The second-order valence-electron chi connectivity index (χ2n) is 10.8. The Labute approximate surface area is 256 Å². The highest BCUT2D eigenvalue weighted by Crippen LogP contribution is 2.34. The lowest BCUT2D eigenvalue weighted by molar-refractivity contribution is -0.364. The summed E-state index contributed by atoms with van der Waals surface area (Å²) in [6.07, 6.45) is -10.9. The predicted molar refractivity (Wildman–Crippen MR) is 152 cm³/mol. The first-order valence-corrected chi connectivity index (χ1v) is 14.5. The summed E-state index contributed by atoms with van der Waals surface area (Å²) in [6.45, 7) is 7.29. The molecular formula is C32H40O12. The lowest BCUT2D eigenvalue weighted by Crippen LogP contribution is -2.65. The van der Waals surface area contributed by atoms with E-state index in [0.717, 1.165) is 11.1 Å². The first-order chi connectivity index (χ1) is 21.0. The van der Waals surface area contributed by atoms with Crippen LogP contribution in [0.15, 0.2) is 60.7 Å². The number of hydrogen-bond acceptors (Lipinski definition) is 12. The van der Waals surface area contributed by atoms with Gasteiger partial charge in [0.25, 0.3) is 0 Å². The molecule has 1 N–H and O–H groups in total. The number of carbonyl (C=O) groups excluding carboxylic acids is 3. The molecule has 2 heterocycles. The zero-order valence-corrected chi connectivity index (χ0v) is 25.4. The van der Waals surface area contributed by atoms with Gasteiger partial charge in [0, 0.05) is 20.8 Å². The van der Waals surface area contributed by atoms with E-state index >= 15 is 0 Å². The van der Waals surface area contributed by atoms with Crippen molar-refractivity contribution >= 4 is 17.9 Å². The van der Waals surface area contributed by atoms with Crippen LogP contribution in [0.5, 0.6) is 0 Å². The van der Waals surface area contributed by atoms with Crippen molar-refractivity contribution in [2.24, 2.45) is 0 Å². The number of esters is 3. The molecule has 2 aliphatic heterocycles. The second kappa shape index (κ2) is 15.6. The smallest absolute Gasteiger partial charge is 0.303 e. The van der Waals surface area contributed by atoms with Crippen LogP contribution < -0.4 is 0 Å². The first kappa shape index (κ1) is 33.5. The van der Waals surface area contributed by atoms with E-state index in [4.69, 9.17) is 37.9 Å².